The first kappa shape index (κ1) is 18.8. The van der Waals surface area contributed by atoms with E-state index >= 15 is 0 Å². The molecule has 27 heavy (non-hydrogen) atoms. The van der Waals surface area contributed by atoms with Gasteiger partial charge in [0.25, 0.3) is 0 Å². The van der Waals surface area contributed by atoms with E-state index in [1.54, 1.807) is 0 Å². The van der Waals surface area contributed by atoms with Crippen molar-refractivity contribution in [2.75, 3.05) is 19.6 Å². The van der Waals surface area contributed by atoms with Gasteiger partial charge >= 0.3 is 0 Å². The lowest BCUT2D eigenvalue weighted by Gasteiger charge is -2.35. The number of aliphatic hydroxyl groups is 1. The topological polar surface area (TPSA) is 50.5 Å². The number of aryl methyl sites for hydroxylation is 2. The number of aromatic nitrogens is 2. The number of aliphatic hydroxyl groups excluding tert-OH is 1. The van der Waals surface area contributed by atoms with E-state index in [1.807, 2.05) is 43.6 Å². The third kappa shape index (κ3) is 4.48. The third-order valence-electron chi connectivity index (χ3n) is 6.04. The predicted octanol–water partition coefficient (Wildman–Crippen LogP) is 3.39. The van der Waals surface area contributed by atoms with Crippen molar-refractivity contribution in [2.24, 2.45) is 11.8 Å². The molecule has 1 N–H and O–H groups in total. The van der Waals surface area contributed by atoms with Gasteiger partial charge in [0.2, 0.25) is 0 Å². The number of benzene rings is 1. The molecule has 2 fully saturated rings. The molecule has 0 unspecified atom stereocenters. The van der Waals surface area contributed by atoms with E-state index in [9.17, 15) is 5.11 Å². The Morgan fingerprint density at radius 2 is 2.04 bits per heavy atom. The number of imidazole rings is 1. The van der Waals surface area contributed by atoms with E-state index in [0.29, 0.717) is 16.9 Å². The van der Waals surface area contributed by atoms with E-state index in [-0.39, 0.29) is 6.10 Å². The van der Waals surface area contributed by atoms with E-state index in [2.05, 4.69) is 14.5 Å². The molecule has 5 nitrogen and oxygen atoms in total. The van der Waals surface area contributed by atoms with Gasteiger partial charge in [-0.2, -0.15) is 0 Å². The van der Waals surface area contributed by atoms with Gasteiger partial charge in [0.05, 0.1) is 6.10 Å². The second-order valence-corrected chi connectivity index (χ2v) is 8.39. The van der Waals surface area contributed by atoms with E-state index in [0.717, 1.165) is 57.0 Å². The van der Waals surface area contributed by atoms with Crippen LogP contribution in [0.5, 0.6) is 5.75 Å². The maximum atomic E-state index is 10.6. The lowest BCUT2D eigenvalue weighted by Crippen LogP contribution is -2.42. The van der Waals surface area contributed by atoms with Crippen LogP contribution in [0.2, 0.25) is 5.02 Å². The van der Waals surface area contributed by atoms with Crippen LogP contribution in [-0.2, 0) is 6.54 Å². The van der Waals surface area contributed by atoms with Crippen LogP contribution in [-0.4, -0.2) is 51.4 Å². The standard InChI is InChI=1S/C21H28ClN3O2/c1-15-23-6-9-25(15)8-3-7-24-13-16-10-20(26)21(11-17(16)14-24)27-19-5-2-4-18(22)12-19/h2,4-6,9,12,16-17,20-21,26H,3,7-8,10-11,13-14H2,1H3/t16-,17+,20+,21+/m0/s1. The number of fused-ring (bicyclic) bond motifs is 1. The van der Waals surface area contributed by atoms with Gasteiger partial charge < -0.3 is 19.3 Å². The van der Waals surface area contributed by atoms with Gasteiger partial charge in [-0.25, -0.2) is 4.98 Å². The van der Waals surface area contributed by atoms with Gasteiger partial charge in [0.15, 0.2) is 0 Å². The van der Waals surface area contributed by atoms with Gasteiger partial charge in [-0.1, -0.05) is 17.7 Å². The number of likely N-dealkylation sites (tertiary alicyclic amines) is 1. The molecular weight excluding hydrogens is 362 g/mol. The van der Waals surface area contributed by atoms with Crippen molar-refractivity contribution in [1.82, 2.24) is 14.5 Å². The largest absolute Gasteiger partial charge is 0.488 e. The number of hydrogen-bond acceptors (Lipinski definition) is 4. The van der Waals surface area contributed by atoms with Gasteiger partial charge in [-0.05, 0) is 62.8 Å². The smallest absolute Gasteiger partial charge is 0.125 e. The Balaban J connectivity index is 1.28. The average Bonchev–Trinajstić information content (AvgIpc) is 3.21. The number of rotatable bonds is 6. The summed E-state index contributed by atoms with van der Waals surface area (Å²) >= 11 is 6.05. The quantitative estimate of drug-likeness (QED) is 0.822. The van der Waals surface area contributed by atoms with E-state index < -0.39 is 6.10 Å². The summed E-state index contributed by atoms with van der Waals surface area (Å²) in [6.45, 7) is 6.36. The van der Waals surface area contributed by atoms with Crippen molar-refractivity contribution in [2.45, 2.75) is 44.9 Å². The van der Waals surface area contributed by atoms with E-state index in [1.165, 1.54) is 0 Å². The molecule has 0 amide bonds. The predicted molar refractivity (Wildman–Crippen MR) is 106 cm³/mol. The van der Waals surface area contributed by atoms with Gasteiger partial charge in [0, 0.05) is 37.1 Å². The highest BCUT2D eigenvalue weighted by Crippen LogP contribution is 2.38. The van der Waals surface area contributed by atoms with Crippen LogP contribution in [0.15, 0.2) is 36.7 Å². The fourth-order valence-corrected chi connectivity index (χ4v) is 4.80. The summed E-state index contributed by atoms with van der Waals surface area (Å²) in [5.41, 5.74) is 0. The highest BCUT2D eigenvalue weighted by Gasteiger charge is 2.42. The van der Waals surface area contributed by atoms with Crippen molar-refractivity contribution in [3.8, 4) is 5.75 Å². The van der Waals surface area contributed by atoms with Crippen molar-refractivity contribution in [1.29, 1.82) is 0 Å². The zero-order chi connectivity index (χ0) is 18.8. The minimum absolute atomic E-state index is 0.140. The summed E-state index contributed by atoms with van der Waals surface area (Å²) in [6.07, 6.45) is 6.23. The second-order valence-electron chi connectivity index (χ2n) is 7.95. The van der Waals surface area contributed by atoms with Crippen molar-refractivity contribution >= 4 is 11.6 Å². The molecule has 2 heterocycles. The van der Waals surface area contributed by atoms with Crippen LogP contribution in [0.3, 0.4) is 0 Å². The summed E-state index contributed by atoms with van der Waals surface area (Å²) in [4.78, 5) is 6.83. The zero-order valence-electron chi connectivity index (χ0n) is 15.8. The van der Waals surface area contributed by atoms with Crippen molar-refractivity contribution in [3.63, 3.8) is 0 Å². The Labute approximate surface area is 165 Å². The first-order chi connectivity index (χ1) is 13.1. The lowest BCUT2D eigenvalue weighted by atomic mass is 9.78. The summed E-state index contributed by atoms with van der Waals surface area (Å²) in [5, 5.41) is 11.2. The number of nitrogens with zero attached hydrogens (tertiary/aromatic N) is 3. The average molecular weight is 390 g/mol. The molecule has 2 aliphatic rings. The lowest BCUT2D eigenvalue weighted by molar-refractivity contribution is -0.0231. The number of hydrogen-bond donors (Lipinski definition) is 1. The molecule has 146 valence electrons. The molecule has 1 aliphatic carbocycles. The Bertz CT molecular complexity index is 765. The molecule has 2 aromatic rings. The molecule has 4 rings (SSSR count). The maximum absolute atomic E-state index is 10.6. The monoisotopic (exact) mass is 389 g/mol. The normalized spacial score (nSPS) is 28.3. The van der Waals surface area contributed by atoms with Crippen molar-refractivity contribution in [3.05, 3.63) is 47.5 Å². The molecule has 1 saturated carbocycles. The van der Waals surface area contributed by atoms with Gasteiger partial charge in [-0.3, -0.25) is 0 Å². The van der Waals surface area contributed by atoms with Crippen LogP contribution in [0.25, 0.3) is 0 Å². The minimum atomic E-state index is -0.404. The van der Waals surface area contributed by atoms with Crippen molar-refractivity contribution < 1.29 is 9.84 Å². The maximum Gasteiger partial charge on any atom is 0.125 e. The second kappa shape index (κ2) is 8.21. The summed E-state index contributed by atoms with van der Waals surface area (Å²) < 4.78 is 8.28. The van der Waals surface area contributed by atoms with Crippen LogP contribution in [0, 0.1) is 18.8 Å². The van der Waals surface area contributed by atoms with Crippen LogP contribution >= 0.6 is 11.6 Å². The fraction of sp³-hybridized carbons (Fsp3) is 0.571. The zero-order valence-corrected chi connectivity index (χ0v) is 16.6. The molecule has 1 saturated heterocycles. The fourth-order valence-electron chi connectivity index (χ4n) is 4.62. The first-order valence-electron chi connectivity index (χ1n) is 9.89. The Morgan fingerprint density at radius 1 is 1.22 bits per heavy atom. The first-order valence-corrected chi connectivity index (χ1v) is 10.3. The van der Waals surface area contributed by atoms with Crippen LogP contribution in [0.4, 0.5) is 0 Å². The molecule has 6 heteroatoms. The molecule has 0 radical (unpaired) electrons. The number of ether oxygens (including phenoxy) is 1. The van der Waals surface area contributed by atoms with Crippen LogP contribution in [0.1, 0.15) is 25.1 Å². The molecule has 1 aliphatic heterocycles. The molecule has 4 atom stereocenters. The Morgan fingerprint density at radius 3 is 2.78 bits per heavy atom. The van der Waals surface area contributed by atoms with Gasteiger partial charge in [-0.15, -0.1) is 0 Å². The summed E-state index contributed by atoms with van der Waals surface area (Å²) in [7, 11) is 0. The summed E-state index contributed by atoms with van der Waals surface area (Å²) in [6, 6.07) is 7.44. The summed E-state index contributed by atoms with van der Waals surface area (Å²) in [5.74, 6) is 3.01. The van der Waals surface area contributed by atoms with Gasteiger partial charge in [0.1, 0.15) is 17.7 Å². The SMILES string of the molecule is Cc1nccn1CCCN1C[C@H]2C[C@@H](Oc3cccc(Cl)c3)[C@H](O)C[C@H]2C1. The Hall–Kier alpha value is -1.56. The number of halogens is 1. The molecular formula is C21H28ClN3O2. The molecule has 1 aromatic heterocycles. The highest BCUT2D eigenvalue weighted by molar-refractivity contribution is 6.30. The van der Waals surface area contributed by atoms with E-state index in [4.69, 9.17) is 16.3 Å². The molecule has 1 aromatic carbocycles. The third-order valence-corrected chi connectivity index (χ3v) is 6.28. The minimum Gasteiger partial charge on any atom is -0.488 e. The Kier molecular flexibility index (Phi) is 5.71. The highest BCUT2D eigenvalue weighted by atomic mass is 35.5. The molecule has 0 spiro atoms. The van der Waals surface area contributed by atoms with Crippen LogP contribution < -0.4 is 4.74 Å². The molecule has 0 bridgehead atoms.